The molecule has 1 aromatic carbocycles. The normalized spacial score (nSPS) is 20.5. The molecule has 1 aliphatic heterocycles. The van der Waals surface area contributed by atoms with Crippen LogP contribution in [0.5, 0.6) is 11.5 Å². The number of nitrogens with zero attached hydrogens (tertiary/aromatic N) is 2. The van der Waals surface area contributed by atoms with Crippen LogP contribution in [0.4, 0.5) is 0 Å². The van der Waals surface area contributed by atoms with Gasteiger partial charge in [-0.05, 0) is 49.5 Å². The third-order valence-corrected chi connectivity index (χ3v) is 5.04. The third kappa shape index (κ3) is 4.86. The van der Waals surface area contributed by atoms with Gasteiger partial charge in [0.1, 0.15) is 0 Å². The number of ether oxygens (including phenoxy) is 2. The highest BCUT2D eigenvalue weighted by Gasteiger charge is 2.33. The van der Waals surface area contributed by atoms with Crippen molar-refractivity contribution in [1.82, 2.24) is 9.80 Å². The molecule has 0 aromatic heterocycles. The summed E-state index contributed by atoms with van der Waals surface area (Å²) in [4.78, 5) is 16.8. The molecule has 1 aliphatic rings. The Morgan fingerprint density at radius 1 is 1.32 bits per heavy atom. The molecule has 2 rings (SSSR count). The zero-order chi connectivity index (χ0) is 18.4. The number of hydrogen-bond acceptors (Lipinski definition) is 5. The van der Waals surface area contributed by atoms with Crippen molar-refractivity contribution in [3.63, 3.8) is 0 Å². The van der Waals surface area contributed by atoms with Crippen molar-refractivity contribution in [1.29, 1.82) is 0 Å². The molecule has 0 radical (unpaired) electrons. The Morgan fingerprint density at radius 2 is 2.04 bits per heavy atom. The maximum Gasteiger partial charge on any atom is 0.237 e. The molecular formula is C19H31N3O3. The van der Waals surface area contributed by atoms with E-state index in [4.69, 9.17) is 15.2 Å². The molecule has 25 heavy (non-hydrogen) atoms. The van der Waals surface area contributed by atoms with Crippen LogP contribution in [0.2, 0.25) is 0 Å². The van der Waals surface area contributed by atoms with Crippen LogP contribution in [0.15, 0.2) is 18.2 Å². The molecule has 1 heterocycles. The van der Waals surface area contributed by atoms with Gasteiger partial charge >= 0.3 is 0 Å². The summed E-state index contributed by atoms with van der Waals surface area (Å²) in [5, 5.41) is 0. The maximum atomic E-state index is 12.7. The van der Waals surface area contributed by atoms with Crippen molar-refractivity contribution in [2.75, 3.05) is 46.9 Å². The molecule has 1 aromatic rings. The average Bonchev–Trinajstić information content (AvgIpc) is 3.00. The van der Waals surface area contributed by atoms with Crippen LogP contribution in [-0.4, -0.2) is 62.7 Å². The van der Waals surface area contributed by atoms with E-state index < -0.39 is 0 Å². The molecule has 0 aliphatic carbocycles. The highest BCUT2D eigenvalue weighted by Crippen LogP contribution is 2.29. The second kappa shape index (κ2) is 8.54. The Labute approximate surface area is 150 Å². The summed E-state index contributed by atoms with van der Waals surface area (Å²) in [6, 6.07) is 5.77. The van der Waals surface area contributed by atoms with Gasteiger partial charge in [-0.1, -0.05) is 13.0 Å². The van der Waals surface area contributed by atoms with Gasteiger partial charge in [-0.15, -0.1) is 0 Å². The topological polar surface area (TPSA) is 68.0 Å². The van der Waals surface area contributed by atoms with Gasteiger partial charge in [-0.2, -0.15) is 0 Å². The van der Waals surface area contributed by atoms with Crippen LogP contribution in [0.3, 0.4) is 0 Å². The van der Waals surface area contributed by atoms with Gasteiger partial charge in [0.05, 0.1) is 20.8 Å². The first-order chi connectivity index (χ1) is 11.9. The van der Waals surface area contributed by atoms with E-state index in [1.54, 1.807) is 14.2 Å². The summed E-state index contributed by atoms with van der Waals surface area (Å²) >= 11 is 0. The zero-order valence-corrected chi connectivity index (χ0v) is 15.9. The van der Waals surface area contributed by atoms with E-state index in [-0.39, 0.29) is 11.3 Å². The average molecular weight is 349 g/mol. The highest BCUT2D eigenvalue weighted by molar-refractivity contribution is 5.78. The molecule has 0 spiro atoms. The van der Waals surface area contributed by atoms with Crippen LogP contribution in [0.25, 0.3) is 0 Å². The second-order valence-electron chi connectivity index (χ2n) is 7.07. The van der Waals surface area contributed by atoms with E-state index >= 15 is 0 Å². The third-order valence-electron chi connectivity index (χ3n) is 5.04. The van der Waals surface area contributed by atoms with E-state index in [1.165, 1.54) is 0 Å². The summed E-state index contributed by atoms with van der Waals surface area (Å²) in [6.45, 7) is 8.40. The van der Waals surface area contributed by atoms with Gasteiger partial charge < -0.3 is 20.1 Å². The van der Waals surface area contributed by atoms with Crippen molar-refractivity contribution in [2.24, 2.45) is 11.1 Å². The van der Waals surface area contributed by atoms with Gasteiger partial charge in [-0.25, -0.2) is 0 Å². The number of likely N-dealkylation sites (N-methyl/N-ethyl adjacent to an activating group) is 1. The van der Waals surface area contributed by atoms with Gasteiger partial charge in [0.15, 0.2) is 11.5 Å². The van der Waals surface area contributed by atoms with E-state index in [1.807, 2.05) is 30.0 Å². The minimum atomic E-state index is 0.140. The predicted octanol–water partition coefficient (Wildman–Crippen LogP) is 1.72. The molecule has 1 unspecified atom stereocenters. The quantitative estimate of drug-likeness (QED) is 0.774. The van der Waals surface area contributed by atoms with Crippen molar-refractivity contribution in [2.45, 2.75) is 26.8 Å². The predicted molar refractivity (Wildman–Crippen MR) is 98.9 cm³/mol. The van der Waals surface area contributed by atoms with E-state index in [0.29, 0.717) is 37.7 Å². The fourth-order valence-corrected chi connectivity index (χ4v) is 3.29. The Kier molecular flexibility index (Phi) is 6.67. The summed E-state index contributed by atoms with van der Waals surface area (Å²) < 4.78 is 10.6. The number of carbonyl (C=O) groups is 1. The van der Waals surface area contributed by atoms with Gasteiger partial charge in [0.2, 0.25) is 5.91 Å². The fraction of sp³-hybridized carbons (Fsp3) is 0.632. The second-order valence-corrected chi connectivity index (χ2v) is 7.07. The summed E-state index contributed by atoms with van der Waals surface area (Å²) in [5.74, 6) is 1.53. The Bertz CT molecular complexity index is 593. The molecule has 6 heteroatoms. The standard InChI is InChI=1S/C19H31N3O3/c1-5-22(11-15-6-7-16(24-3)17(10-15)25-4)18(23)12-21-9-8-19(2,13-20)14-21/h6-7,10H,5,8-9,11-14,20H2,1-4H3. The van der Waals surface area contributed by atoms with Crippen LogP contribution in [-0.2, 0) is 11.3 Å². The van der Waals surface area contributed by atoms with Gasteiger partial charge in [0, 0.05) is 19.6 Å². The monoisotopic (exact) mass is 349 g/mol. The number of methoxy groups -OCH3 is 2. The molecule has 6 nitrogen and oxygen atoms in total. The molecule has 0 saturated carbocycles. The van der Waals surface area contributed by atoms with Crippen LogP contribution in [0, 0.1) is 5.41 Å². The van der Waals surface area contributed by atoms with E-state index in [9.17, 15) is 4.79 Å². The summed E-state index contributed by atoms with van der Waals surface area (Å²) in [7, 11) is 3.23. The SMILES string of the molecule is CCN(Cc1ccc(OC)c(OC)c1)C(=O)CN1CCC(C)(CN)C1. The first-order valence-electron chi connectivity index (χ1n) is 8.85. The molecule has 1 fully saturated rings. The molecule has 1 amide bonds. The number of amides is 1. The Morgan fingerprint density at radius 3 is 2.60 bits per heavy atom. The molecule has 1 saturated heterocycles. The highest BCUT2D eigenvalue weighted by atomic mass is 16.5. The number of rotatable bonds is 8. The molecule has 1 atom stereocenters. The van der Waals surface area contributed by atoms with Gasteiger partial charge in [0.25, 0.3) is 0 Å². The number of carbonyl (C=O) groups excluding carboxylic acids is 1. The lowest BCUT2D eigenvalue weighted by atomic mass is 9.90. The first kappa shape index (κ1) is 19.5. The number of hydrogen-bond donors (Lipinski definition) is 1. The minimum absolute atomic E-state index is 0.140. The molecule has 0 bridgehead atoms. The molecule has 140 valence electrons. The number of likely N-dealkylation sites (tertiary alicyclic amines) is 1. The van der Waals surface area contributed by atoms with E-state index in [2.05, 4.69) is 11.8 Å². The van der Waals surface area contributed by atoms with Crippen LogP contribution >= 0.6 is 0 Å². The van der Waals surface area contributed by atoms with Crippen LogP contribution in [0.1, 0.15) is 25.8 Å². The van der Waals surface area contributed by atoms with Crippen molar-refractivity contribution < 1.29 is 14.3 Å². The number of nitrogens with two attached hydrogens (primary N) is 1. The Hall–Kier alpha value is -1.79. The van der Waals surface area contributed by atoms with Crippen LogP contribution < -0.4 is 15.2 Å². The summed E-state index contributed by atoms with van der Waals surface area (Å²) in [6.07, 6.45) is 1.05. The fourth-order valence-electron chi connectivity index (χ4n) is 3.29. The van der Waals surface area contributed by atoms with Crippen molar-refractivity contribution in [3.05, 3.63) is 23.8 Å². The lowest BCUT2D eigenvalue weighted by Crippen LogP contribution is -2.40. The molecular weight excluding hydrogens is 318 g/mol. The van der Waals surface area contributed by atoms with Gasteiger partial charge in [-0.3, -0.25) is 9.69 Å². The lowest BCUT2D eigenvalue weighted by Gasteiger charge is -2.26. The molecule has 2 N–H and O–H groups in total. The minimum Gasteiger partial charge on any atom is -0.493 e. The summed E-state index contributed by atoms with van der Waals surface area (Å²) in [5.41, 5.74) is 7.02. The van der Waals surface area contributed by atoms with E-state index in [0.717, 1.165) is 25.1 Å². The smallest absolute Gasteiger partial charge is 0.237 e. The number of benzene rings is 1. The maximum absolute atomic E-state index is 12.7. The van der Waals surface area contributed by atoms with Crippen molar-refractivity contribution in [3.8, 4) is 11.5 Å². The largest absolute Gasteiger partial charge is 0.493 e. The Balaban J connectivity index is 1.99. The first-order valence-corrected chi connectivity index (χ1v) is 8.85. The zero-order valence-electron chi connectivity index (χ0n) is 15.9. The lowest BCUT2D eigenvalue weighted by molar-refractivity contribution is -0.132. The van der Waals surface area contributed by atoms with Crippen molar-refractivity contribution >= 4 is 5.91 Å².